The van der Waals surface area contributed by atoms with E-state index in [1.807, 2.05) is 34.6 Å². The van der Waals surface area contributed by atoms with Crippen LogP contribution in [0.4, 0.5) is 14.9 Å². The highest BCUT2D eigenvalue weighted by Gasteiger charge is 2.28. The smallest absolute Gasteiger partial charge is 0.414 e. The number of benzene rings is 1. The molecule has 0 fully saturated rings. The fourth-order valence-corrected chi connectivity index (χ4v) is 3.58. The number of amides is 1. The lowest BCUT2D eigenvalue weighted by molar-refractivity contribution is 0.0589. The number of hydrogen-bond donors (Lipinski definition) is 0. The maximum Gasteiger partial charge on any atom is 0.414 e. The van der Waals surface area contributed by atoms with Crippen molar-refractivity contribution in [3.05, 3.63) is 45.2 Å². The molecule has 0 spiro atoms. The Hall–Kier alpha value is -1.66. The van der Waals surface area contributed by atoms with Crippen molar-refractivity contribution >= 4 is 34.9 Å². The van der Waals surface area contributed by atoms with Crippen molar-refractivity contribution in [2.75, 3.05) is 11.9 Å². The Morgan fingerprint density at radius 3 is 2.64 bits per heavy atom. The van der Waals surface area contributed by atoms with Crippen molar-refractivity contribution in [1.29, 1.82) is 0 Å². The highest BCUT2D eigenvalue weighted by Crippen LogP contribution is 2.38. The second kappa shape index (κ2) is 7.30. The number of aromatic nitrogens is 1. The molecule has 0 N–H and O–H groups in total. The lowest BCUT2D eigenvalue weighted by Crippen LogP contribution is -2.34. The number of carbonyl (C=O) groups excluding carboxylic acids is 1. The number of carbonyl (C=O) groups is 1. The molecule has 0 saturated heterocycles. The predicted octanol–water partition coefficient (Wildman–Crippen LogP) is 5.77. The SMILES string of the molecule is Cc1snc(C(C)c2cc(F)ccc2Cl)c1N(C)C(=O)OC(C)(C)C. The Kier molecular flexibility index (Phi) is 5.74. The molecule has 25 heavy (non-hydrogen) atoms. The summed E-state index contributed by atoms with van der Waals surface area (Å²) in [6.45, 7) is 9.22. The minimum atomic E-state index is -0.597. The lowest BCUT2D eigenvalue weighted by atomic mass is 9.96. The first kappa shape index (κ1) is 19.7. The molecule has 1 heterocycles. The molecule has 0 aliphatic heterocycles. The van der Waals surface area contributed by atoms with Crippen molar-refractivity contribution in [3.8, 4) is 0 Å². The predicted molar refractivity (Wildman–Crippen MR) is 100 cm³/mol. The normalized spacial score (nSPS) is 12.8. The van der Waals surface area contributed by atoms with Crippen molar-refractivity contribution in [3.63, 3.8) is 0 Å². The van der Waals surface area contributed by atoms with Gasteiger partial charge in [0.05, 0.1) is 11.4 Å². The maximum atomic E-state index is 13.6. The summed E-state index contributed by atoms with van der Waals surface area (Å²) in [6, 6.07) is 4.25. The van der Waals surface area contributed by atoms with E-state index in [1.54, 1.807) is 7.05 Å². The van der Waals surface area contributed by atoms with E-state index in [0.717, 1.165) is 4.88 Å². The molecule has 0 aliphatic carbocycles. The first-order valence-corrected chi connectivity index (χ1v) is 9.04. The Morgan fingerprint density at radius 2 is 2.04 bits per heavy atom. The van der Waals surface area contributed by atoms with Gasteiger partial charge in [0.1, 0.15) is 11.4 Å². The summed E-state index contributed by atoms with van der Waals surface area (Å²) >= 11 is 7.52. The Morgan fingerprint density at radius 1 is 1.40 bits per heavy atom. The van der Waals surface area contributed by atoms with Crippen LogP contribution in [-0.2, 0) is 4.74 Å². The quantitative estimate of drug-likeness (QED) is 0.674. The minimum Gasteiger partial charge on any atom is -0.443 e. The summed E-state index contributed by atoms with van der Waals surface area (Å²) in [5.74, 6) is -0.631. The zero-order valence-corrected chi connectivity index (χ0v) is 16.8. The highest BCUT2D eigenvalue weighted by atomic mass is 35.5. The molecule has 0 bridgehead atoms. The molecular weight excluding hydrogens is 363 g/mol. The van der Waals surface area contributed by atoms with Gasteiger partial charge < -0.3 is 4.74 Å². The molecule has 1 aromatic carbocycles. The van der Waals surface area contributed by atoms with Gasteiger partial charge in [0.15, 0.2) is 0 Å². The summed E-state index contributed by atoms with van der Waals surface area (Å²) in [5.41, 5.74) is 1.38. The number of hydrogen-bond acceptors (Lipinski definition) is 4. The van der Waals surface area contributed by atoms with E-state index in [1.165, 1.54) is 34.6 Å². The summed E-state index contributed by atoms with van der Waals surface area (Å²) < 4.78 is 23.6. The van der Waals surface area contributed by atoms with Gasteiger partial charge in [0.25, 0.3) is 0 Å². The third-order valence-corrected chi connectivity index (χ3v) is 4.79. The van der Waals surface area contributed by atoms with E-state index in [0.29, 0.717) is 22.0 Å². The van der Waals surface area contributed by atoms with Crippen molar-refractivity contribution in [1.82, 2.24) is 4.37 Å². The zero-order valence-electron chi connectivity index (χ0n) is 15.2. The van der Waals surface area contributed by atoms with E-state index in [2.05, 4.69) is 4.37 Å². The number of aryl methyl sites for hydroxylation is 1. The van der Waals surface area contributed by atoms with Crippen LogP contribution < -0.4 is 4.90 Å². The van der Waals surface area contributed by atoms with Crippen LogP contribution in [0.15, 0.2) is 18.2 Å². The summed E-state index contributed by atoms with van der Waals surface area (Å²) in [6.07, 6.45) is -0.463. The van der Waals surface area contributed by atoms with Crippen LogP contribution in [0, 0.1) is 12.7 Å². The molecule has 1 atom stereocenters. The van der Waals surface area contributed by atoms with Crippen LogP contribution in [-0.4, -0.2) is 23.1 Å². The van der Waals surface area contributed by atoms with Gasteiger partial charge in [0, 0.05) is 22.9 Å². The second-order valence-electron chi connectivity index (χ2n) is 6.90. The molecule has 2 aromatic rings. The first-order chi connectivity index (χ1) is 11.5. The summed E-state index contributed by atoms with van der Waals surface area (Å²) in [4.78, 5) is 14.8. The van der Waals surface area contributed by atoms with E-state index < -0.39 is 11.7 Å². The molecule has 1 amide bonds. The third kappa shape index (κ3) is 4.50. The van der Waals surface area contributed by atoms with Crippen molar-refractivity contribution < 1.29 is 13.9 Å². The van der Waals surface area contributed by atoms with Gasteiger partial charge >= 0.3 is 6.09 Å². The fourth-order valence-electron chi connectivity index (χ4n) is 2.49. The van der Waals surface area contributed by atoms with Crippen LogP contribution in [0.25, 0.3) is 0 Å². The lowest BCUT2D eigenvalue weighted by Gasteiger charge is -2.26. The Labute approximate surface area is 156 Å². The first-order valence-electron chi connectivity index (χ1n) is 7.89. The molecular formula is C18H22ClFN2O2S. The third-order valence-electron chi connectivity index (χ3n) is 3.69. The Balaban J connectivity index is 2.41. The summed E-state index contributed by atoms with van der Waals surface area (Å²) in [5, 5.41) is 0.463. The van der Waals surface area contributed by atoms with Crippen molar-refractivity contribution in [2.45, 2.75) is 46.1 Å². The van der Waals surface area contributed by atoms with Gasteiger partial charge in [-0.1, -0.05) is 18.5 Å². The zero-order chi connectivity index (χ0) is 18.9. The van der Waals surface area contributed by atoms with Crippen LogP contribution >= 0.6 is 23.1 Å². The largest absolute Gasteiger partial charge is 0.443 e. The van der Waals surface area contributed by atoms with Gasteiger partial charge in [-0.25, -0.2) is 9.18 Å². The topological polar surface area (TPSA) is 42.4 Å². The number of anilines is 1. The molecule has 0 saturated carbocycles. The van der Waals surface area contributed by atoms with Gasteiger partial charge in [0.2, 0.25) is 0 Å². The van der Waals surface area contributed by atoms with Gasteiger partial charge in [-0.05, 0) is 63.0 Å². The molecule has 0 radical (unpaired) electrons. The number of rotatable bonds is 3. The van der Waals surface area contributed by atoms with Crippen molar-refractivity contribution in [2.24, 2.45) is 0 Å². The molecule has 7 heteroatoms. The van der Waals surface area contributed by atoms with Gasteiger partial charge in [-0.15, -0.1) is 0 Å². The molecule has 4 nitrogen and oxygen atoms in total. The average Bonchev–Trinajstić information content (AvgIpc) is 2.88. The minimum absolute atomic E-state index is 0.270. The molecule has 0 aliphatic rings. The standard InChI is InChI=1S/C18H22ClFN2O2S/c1-10(13-9-12(20)7-8-14(13)19)15-16(11(2)25-21-15)22(6)17(23)24-18(3,4)5/h7-10H,1-6H3. The van der Waals surface area contributed by atoms with E-state index >= 15 is 0 Å². The monoisotopic (exact) mass is 384 g/mol. The van der Waals surface area contributed by atoms with Gasteiger partial charge in [-0.2, -0.15) is 4.37 Å². The van der Waals surface area contributed by atoms with Crippen LogP contribution in [0.3, 0.4) is 0 Å². The highest BCUT2D eigenvalue weighted by molar-refractivity contribution is 7.06. The van der Waals surface area contributed by atoms with E-state index in [9.17, 15) is 9.18 Å². The van der Waals surface area contributed by atoms with Crippen LogP contribution in [0.2, 0.25) is 5.02 Å². The van der Waals surface area contributed by atoms with Gasteiger partial charge in [-0.3, -0.25) is 4.90 Å². The molecule has 1 aromatic heterocycles. The number of halogens is 2. The summed E-state index contributed by atoms with van der Waals surface area (Å²) in [7, 11) is 1.65. The van der Waals surface area contributed by atoms with E-state index in [4.69, 9.17) is 16.3 Å². The van der Waals surface area contributed by atoms with Crippen LogP contribution in [0.5, 0.6) is 0 Å². The molecule has 1 unspecified atom stereocenters. The number of nitrogens with zero attached hydrogens (tertiary/aromatic N) is 2. The van der Waals surface area contributed by atoms with E-state index in [-0.39, 0.29) is 11.7 Å². The number of ether oxygens (including phenoxy) is 1. The average molecular weight is 385 g/mol. The second-order valence-corrected chi connectivity index (χ2v) is 8.28. The maximum absolute atomic E-state index is 13.6. The fraction of sp³-hybridized carbons (Fsp3) is 0.444. The Bertz CT molecular complexity index is 786. The molecule has 2 rings (SSSR count). The molecule has 136 valence electrons. The van der Waals surface area contributed by atoms with Crippen LogP contribution in [0.1, 0.15) is 49.7 Å².